The minimum Gasteiger partial charge on any atom is -0.454 e. The molecule has 6 heteroatoms. The summed E-state index contributed by atoms with van der Waals surface area (Å²) in [7, 11) is 1.76. The highest BCUT2D eigenvalue weighted by Gasteiger charge is 2.30. The maximum Gasteiger partial charge on any atom is 0.252 e. The first-order valence-electron chi connectivity index (χ1n) is 8.14. The van der Waals surface area contributed by atoms with E-state index >= 15 is 0 Å². The highest BCUT2D eigenvalue weighted by atomic mass is 16.7. The van der Waals surface area contributed by atoms with E-state index in [4.69, 9.17) is 9.47 Å². The normalized spacial score (nSPS) is 17.2. The predicted molar refractivity (Wildman–Crippen MR) is 90.3 cm³/mol. The number of benzene rings is 2. The van der Waals surface area contributed by atoms with Crippen molar-refractivity contribution in [3.8, 4) is 11.5 Å². The number of carbonyl (C=O) groups excluding carboxylic acids is 2. The Balaban J connectivity index is 1.42. The quantitative estimate of drug-likeness (QED) is 0.928. The van der Waals surface area contributed by atoms with Gasteiger partial charge in [-0.15, -0.1) is 0 Å². The van der Waals surface area contributed by atoms with Crippen molar-refractivity contribution in [2.24, 2.45) is 0 Å². The summed E-state index contributed by atoms with van der Waals surface area (Å²) >= 11 is 0. The monoisotopic (exact) mass is 338 g/mol. The van der Waals surface area contributed by atoms with Crippen LogP contribution in [0.25, 0.3) is 0 Å². The van der Waals surface area contributed by atoms with Gasteiger partial charge in [-0.3, -0.25) is 9.59 Å². The third kappa shape index (κ3) is 2.91. The Morgan fingerprint density at radius 3 is 2.88 bits per heavy atom. The zero-order chi connectivity index (χ0) is 17.4. The third-order valence-electron chi connectivity index (χ3n) is 4.55. The molecule has 2 aliphatic heterocycles. The van der Waals surface area contributed by atoms with E-state index in [9.17, 15) is 9.59 Å². The molecule has 0 saturated heterocycles. The molecule has 25 heavy (non-hydrogen) atoms. The first-order chi connectivity index (χ1) is 12.1. The van der Waals surface area contributed by atoms with E-state index in [-0.39, 0.29) is 31.1 Å². The average Bonchev–Trinajstić information content (AvgIpc) is 3.20. The molecule has 0 radical (unpaired) electrons. The van der Waals surface area contributed by atoms with Crippen molar-refractivity contribution in [1.82, 2.24) is 10.2 Å². The van der Waals surface area contributed by atoms with E-state index in [1.807, 2.05) is 36.4 Å². The molecule has 2 aliphatic rings. The molecule has 0 spiro atoms. The summed E-state index contributed by atoms with van der Waals surface area (Å²) in [6.07, 6.45) is 0.240. The van der Waals surface area contributed by atoms with Crippen LogP contribution in [0.1, 0.15) is 33.9 Å². The highest BCUT2D eigenvalue weighted by Crippen LogP contribution is 2.33. The van der Waals surface area contributed by atoms with E-state index in [0.29, 0.717) is 17.9 Å². The fraction of sp³-hybridized carbons (Fsp3) is 0.263. The van der Waals surface area contributed by atoms with Gasteiger partial charge in [0.25, 0.3) is 5.91 Å². The van der Waals surface area contributed by atoms with Gasteiger partial charge in [-0.1, -0.05) is 24.3 Å². The summed E-state index contributed by atoms with van der Waals surface area (Å²) in [6, 6.07) is 12.8. The standard InChI is InChI=1S/C19H18N2O4/c1-21(10-12-6-7-16-17(8-12)25-11-24-16)18(22)9-15-13-4-2-3-5-14(13)19(23)20-15/h2-8,15H,9-11H2,1H3,(H,20,23)/t15-/m0/s1. The zero-order valence-corrected chi connectivity index (χ0v) is 13.8. The lowest BCUT2D eigenvalue weighted by Crippen LogP contribution is -2.30. The molecule has 2 aromatic rings. The molecule has 0 fully saturated rings. The van der Waals surface area contributed by atoms with Gasteiger partial charge in [-0.25, -0.2) is 0 Å². The maximum atomic E-state index is 12.6. The number of nitrogens with one attached hydrogen (secondary N) is 1. The Morgan fingerprint density at radius 2 is 2.00 bits per heavy atom. The van der Waals surface area contributed by atoms with Crippen molar-refractivity contribution in [3.05, 3.63) is 59.2 Å². The summed E-state index contributed by atoms with van der Waals surface area (Å²) < 4.78 is 10.7. The van der Waals surface area contributed by atoms with Gasteiger partial charge in [0, 0.05) is 19.2 Å². The van der Waals surface area contributed by atoms with E-state index in [0.717, 1.165) is 16.9 Å². The van der Waals surface area contributed by atoms with Gasteiger partial charge in [-0.2, -0.15) is 0 Å². The summed E-state index contributed by atoms with van der Waals surface area (Å²) in [5.41, 5.74) is 2.51. The average molecular weight is 338 g/mol. The summed E-state index contributed by atoms with van der Waals surface area (Å²) in [5, 5.41) is 2.88. The molecule has 1 N–H and O–H groups in total. The zero-order valence-electron chi connectivity index (χ0n) is 13.8. The molecule has 2 amide bonds. The molecule has 6 nitrogen and oxygen atoms in total. The van der Waals surface area contributed by atoms with Crippen LogP contribution in [0.15, 0.2) is 42.5 Å². The predicted octanol–water partition coefficient (Wildman–Crippen LogP) is 2.25. The number of rotatable bonds is 4. The molecule has 2 heterocycles. The fourth-order valence-corrected chi connectivity index (χ4v) is 3.21. The van der Waals surface area contributed by atoms with Crippen LogP contribution in [0.2, 0.25) is 0 Å². The van der Waals surface area contributed by atoms with Crippen LogP contribution in [-0.2, 0) is 11.3 Å². The maximum absolute atomic E-state index is 12.6. The fourth-order valence-electron chi connectivity index (χ4n) is 3.21. The second-order valence-corrected chi connectivity index (χ2v) is 6.25. The van der Waals surface area contributed by atoms with Crippen LogP contribution in [0, 0.1) is 0 Å². The van der Waals surface area contributed by atoms with Gasteiger partial charge < -0.3 is 19.7 Å². The van der Waals surface area contributed by atoms with Gasteiger partial charge >= 0.3 is 0 Å². The molecule has 0 unspecified atom stereocenters. The van der Waals surface area contributed by atoms with E-state index in [1.165, 1.54) is 0 Å². The lowest BCUT2D eigenvalue weighted by molar-refractivity contribution is -0.130. The lowest BCUT2D eigenvalue weighted by atomic mass is 10.0. The largest absolute Gasteiger partial charge is 0.454 e. The first kappa shape index (κ1) is 15.5. The van der Waals surface area contributed by atoms with Gasteiger partial charge in [0.1, 0.15) is 0 Å². The summed E-state index contributed by atoms with van der Waals surface area (Å²) in [4.78, 5) is 26.2. The minimum absolute atomic E-state index is 0.0281. The van der Waals surface area contributed by atoms with Crippen molar-refractivity contribution in [1.29, 1.82) is 0 Å². The van der Waals surface area contributed by atoms with Gasteiger partial charge in [0.15, 0.2) is 11.5 Å². The highest BCUT2D eigenvalue weighted by molar-refractivity contribution is 5.99. The molecule has 0 aliphatic carbocycles. The number of carbonyl (C=O) groups is 2. The van der Waals surface area contributed by atoms with Crippen molar-refractivity contribution in [2.45, 2.75) is 19.0 Å². The van der Waals surface area contributed by atoms with Crippen LogP contribution in [0.5, 0.6) is 11.5 Å². The Kier molecular flexibility index (Phi) is 3.80. The van der Waals surface area contributed by atoms with Crippen LogP contribution in [0.3, 0.4) is 0 Å². The third-order valence-corrected chi connectivity index (χ3v) is 4.55. The van der Waals surface area contributed by atoms with Gasteiger partial charge in [0.2, 0.25) is 12.7 Å². The van der Waals surface area contributed by atoms with Crippen molar-refractivity contribution < 1.29 is 19.1 Å². The number of amides is 2. The van der Waals surface area contributed by atoms with Crippen LogP contribution in [-0.4, -0.2) is 30.6 Å². The molecule has 0 bridgehead atoms. The Hall–Kier alpha value is -3.02. The lowest BCUT2D eigenvalue weighted by Gasteiger charge is -2.20. The number of ether oxygens (including phenoxy) is 2. The van der Waals surface area contributed by atoms with Crippen molar-refractivity contribution in [3.63, 3.8) is 0 Å². The molecule has 1 atom stereocenters. The second-order valence-electron chi connectivity index (χ2n) is 6.25. The smallest absolute Gasteiger partial charge is 0.252 e. The van der Waals surface area contributed by atoms with E-state index in [1.54, 1.807) is 18.0 Å². The topological polar surface area (TPSA) is 67.9 Å². The number of hydrogen-bond donors (Lipinski definition) is 1. The minimum atomic E-state index is -0.268. The summed E-state index contributed by atoms with van der Waals surface area (Å²) in [5.74, 6) is 1.28. The first-order valence-corrected chi connectivity index (χ1v) is 8.14. The van der Waals surface area contributed by atoms with E-state index in [2.05, 4.69) is 5.32 Å². The molecule has 0 saturated carbocycles. The van der Waals surface area contributed by atoms with E-state index < -0.39 is 0 Å². The van der Waals surface area contributed by atoms with Crippen molar-refractivity contribution >= 4 is 11.8 Å². The van der Waals surface area contributed by atoms with Crippen LogP contribution in [0.4, 0.5) is 0 Å². The Morgan fingerprint density at radius 1 is 1.20 bits per heavy atom. The van der Waals surface area contributed by atoms with Crippen molar-refractivity contribution in [2.75, 3.05) is 13.8 Å². The second kappa shape index (κ2) is 6.12. The van der Waals surface area contributed by atoms with Gasteiger partial charge in [-0.05, 0) is 29.3 Å². The van der Waals surface area contributed by atoms with Crippen LogP contribution >= 0.6 is 0 Å². The van der Waals surface area contributed by atoms with Crippen LogP contribution < -0.4 is 14.8 Å². The number of hydrogen-bond acceptors (Lipinski definition) is 4. The Labute approximate surface area is 145 Å². The molecule has 128 valence electrons. The molecule has 4 rings (SSSR count). The molecular weight excluding hydrogens is 320 g/mol. The number of fused-ring (bicyclic) bond motifs is 2. The van der Waals surface area contributed by atoms with Gasteiger partial charge in [0.05, 0.1) is 12.5 Å². The Bertz CT molecular complexity index is 849. The number of nitrogens with zero attached hydrogens (tertiary/aromatic N) is 1. The molecule has 0 aromatic heterocycles. The molecular formula is C19H18N2O4. The SMILES string of the molecule is CN(Cc1ccc2c(c1)OCO2)C(=O)C[C@@H]1NC(=O)c2ccccc21. The summed E-state index contributed by atoms with van der Waals surface area (Å²) in [6.45, 7) is 0.701. The molecule has 2 aromatic carbocycles.